The highest BCUT2D eigenvalue weighted by Gasteiger charge is 2.15. The van der Waals surface area contributed by atoms with Crippen LogP contribution in [0.3, 0.4) is 0 Å². The van der Waals surface area contributed by atoms with Gasteiger partial charge in [-0.2, -0.15) is 0 Å². The van der Waals surface area contributed by atoms with Gasteiger partial charge in [-0.3, -0.25) is 9.78 Å². The molecule has 0 spiro atoms. The van der Waals surface area contributed by atoms with E-state index >= 15 is 0 Å². The summed E-state index contributed by atoms with van der Waals surface area (Å²) in [7, 11) is 3.00. The van der Waals surface area contributed by atoms with Gasteiger partial charge in [0.1, 0.15) is 17.2 Å². The van der Waals surface area contributed by atoms with Crippen molar-refractivity contribution in [3.05, 3.63) is 47.2 Å². The average molecular weight is 332 g/mol. The topological polar surface area (TPSA) is 76.2 Å². The lowest BCUT2D eigenvalue weighted by Gasteiger charge is -2.12. The van der Waals surface area contributed by atoms with Crippen molar-refractivity contribution in [2.45, 2.75) is 0 Å². The normalized spacial score (nSPS) is 10.6. The van der Waals surface area contributed by atoms with Crippen molar-refractivity contribution >= 4 is 34.2 Å². The smallest absolute Gasteiger partial charge is 0.272 e. The van der Waals surface area contributed by atoms with Crippen molar-refractivity contribution in [2.24, 2.45) is 0 Å². The van der Waals surface area contributed by atoms with Crippen LogP contribution in [0, 0.1) is 0 Å². The maximum absolute atomic E-state index is 12.4. The van der Waals surface area contributed by atoms with Crippen molar-refractivity contribution in [2.75, 3.05) is 19.5 Å². The van der Waals surface area contributed by atoms with Crippen LogP contribution in [0.25, 0.3) is 11.0 Å². The lowest BCUT2D eigenvalue weighted by atomic mass is 10.2. The number of H-pyrrole nitrogens is 1. The zero-order valence-electron chi connectivity index (χ0n) is 12.5. The zero-order chi connectivity index (χ0) is 16.4. The third-order valence-corrected chi connectivity index (χ3v) is 3.65. The van der Waals surface area contributed by atoms with Crippen LogP contribution < -0.4 is 14.8 Å². The summed E-state index contributed by atoms with van der Waals surface area (Å²) >= 11 is 6.06. The zero-order valence-corrected chi connectivity index (χ0v) is 13.3. The van der Waals surface area contributed by atoms with Crippen molar-refractivity contribution in [3.63, 3.8) is 0 Å². The molecule has 0 unspecified atom stereocenters. The lowest BCUT2D eigenvalue weighted by molar-refractivity contribution is 0.102. The fraction of sp³-hybridized carbons (Fsp3) is 0.125. The molecule has 0 radical (unpaired) electrons. The molecule has 0 fully saturated rings. The molecule has 0 aliphatic heterocycles. The van der Waals surface area contributed by atoms with E-state index in [1.807, 2.05) is 6.07 Å². The SMILES string of the molecule is COc1cc(NC(=O)c2cc3ncccc3[nH]2)c(OC)cc1Cl. The molecule has 2 N–H and O–H groups in total. The van der Waals surface area contributed by atoms with Gasteiger partial charge in [0.05, 0.1) is 36.0 Å². The van der Waals surface area contributed by atoms with Gasteiger partial charge >= 0.3 is 0 Å². The average Bonchev–Trinajstić information content (AvgIpc) is 3.00. The van der Waals surface area contributed by atoms with Crippen molar-refractivity contribution in [3.8, 4) is 11.5 Å². The van der Waals surface area contributed by atoms with Gasteiger partial charge < -0.3 is 19.8 Å². The number of carbonyl (C=O) groups excluding carboxylic acids is 1. The van der Waals surface area contributed by atoms with Crippen LogP contribution >= 0.6 is 11.6 Å². The van der Waals surface area contributed by atoms with Crippen LogP contribution in [0.1, 0.15) is 10.5 Å². The molecule has 0 saturated heterocycles. The summed E-state index contributed by atoms with van der Waals surface area (Å²) in [5, 5.41) is 3.18. The molecule has 0 aliphatic rings. The molecular formula is C16H14ClN3O3. The number of nitrogens with zero attached hydrogens (tertiary/aromatic N) is 1. The quantitative estimate of drug-likeness (QED) is 0.767. The lowest BCUT2D eigenvalue weighted by Crippen LogP contribution is -2.13. The van der Waals surface area contributed by atoms with Gasteiger partial charge in [-0.05, 0) is 18.2 Å². The van der Waals surface area contributed by atoms with E-state index in [1.54, 1.807) is 30.5 Å². The van der Waals surface area contributed by atoms with Crippen molar-refractivity contribution in [1.29, 1.82) is 0 Å². The molecule has 0 saturated carbocycles. The van der Waals surface area contributed by atoms with E-state index in [2.05, 4.69) is 15.3 Å². The maximum Gasteiger partial charge on any atom is 0.272 e. The predicted octanol–water partition coefficient (Wildman–Crippen LogP) is 3.49. The van der Waals surface area contributed by atoms with Crippen molar-refractivity contribution in [1.82, 2.24) is 9.97 Å². The highest BCUT2D eigenvalue weighted by Crippen LogP contribution is 2.36. The molecule has 0 aliphatic carbocycles. The van der Waals surface area contributed by atoms with E-state index in [1.165, 1.54) is 14.2 Å². The Morgan fingerprint density at radius 1 is 1.22 bits per heavy atom. The number of halogens is 1. The summed E-state index contributed by atoms with van der Waals surface area (Å²) in [4.78, 5) is 19.6. The van der Waals surface area contributed by atoms with Gasteiger partial charge in [0, 0.05) is 18.3 Å². The van der Waals surface area contributed by atoms with E-state index < -0.39 is 0 Å². The molecule has 118 valence electrons. The second kappa shape index (κ2) is 6.18. The Morgan fingerprint density at radius 2 is 2.00 bits per heavy atom. The minimum atomic E-state index is -0.314. The first-order valence-electron chi connectivity index (χ1n) is 6.79. The van der Waals surface area contributed by atoms with Gasteiger partial charge in [-0.15, -0.1) is 0 Å². The van der Waals surface area contributed by atoms with Crippen LogP contribution in [0.5, 0.6) is 11.5 Å². The van der Waals surface area contributed by atoms with Crippen LogP contribution in [0.15, 0.2) is 36.5 Å². The Bertz CT molecular complexity index is 843. The minimum Gasteiger partial charge on any atom is -0.495 e. The molecule has 6 nitrogen and oxygen atoms in total. The molecule has 7 heteroatoms. The second-order valence-corrected chi connectivity index (χ2v) is 5.17. The number of methoxy groups -OCH3 is 2. The standard InChI is InChI=1S/C16H14ClN3O3/c1-22-14-8-12(15(23-2)6-9(14)17)20-16(21)13-7-11-10(19-13)4-3-5-18-11/h3-8,19H,1-2H3,(H,20,21). The molecule has 2 heterocycles. The molecule has 0 bridgehead atoms. The van der Waals surface area contributed by atoms with Gasteiger partial charge in [-0.25, -0.2) is 0 Å². The molecule has 3 aromatic rings. The fourth-order valence-corrected chi connectivity index (χ4v) is 2.46. The van der Waals surface area contributed by atoms with Crippen molar-refractivity contribution < 1.29 is 14.3 Å². The van der Waals surface area contributed by atoms with Gasteiger partial charge in [0.2, 0.25) is 0 Å². The highest BCUT2D eigenvalue weighted by atomic mass is 35.5. The van der Waals surface area contributed by atoms with Crippen LogP contribution in [-0.4, -0.2) is 30.1 Å². The van der Waals surface area contributed by atoms with E-state index in [0.717, 1.165) is 11.0 Å². The minimum absolute atomic E-state index is 0.314. The Hall–Kier alpha value is -2.73. The number of ether oxygens (including phenoxy) is 2. The maximum atomic E-state index is 12.4. The number of carbonyl (C=O) groups is 1. The molecule has 1 amide bonds. The molecule has 3 rings (SSSR count). The molecule has 23 heavy (non-hydrogen) atoms. The summed E-state index contributed by atoms with van der Waals surface area (Å²) in [5.41, 5.74) is 2.37. The Kier molecular flexibility index (Phi) is 4.08. The van der Waals surface area contributed by atoms with Gasteiger partial charge in [0.15, 0.2) is 0 Å². The van der Waals surface area contributed by atoms with Crippen LogP contribution in [0.4, 0.5) is 5.69 Å². The number of pyridine rings is 1. The van der Waals surface area contributed by atoms with Crippen LogP contribution in [-0.2, 0) is 0 Å². The number of anilines is 1. The number of aromatic amines is 1. The number of nitrogens with one attached hydrogen (secondary N) is 2. The number of hydrogen-bond donors (Lipinski definition) is 2. The number of benzene rings is 1. The summed E-state index contributed by atoms with van der Waals surface area (Å²) < 4.78 is 10.4. The fourth-order valence-electron chi connectivity index (χ4n) is 2.23. The van der Waals surface area contributed by atoms with E-state index in [0.29, 0.717) is 27.9 Å². The number of fused-ring (bicyclic) bond motifs is 1. The first-order valence-corrected chi connectivity index (χ1v) is 7.17. The monoisotopic (exact) mass is 331 g/mol. The summed E-state index contributed by atoms with van der Waals surface area (Å²) in [5.74, 6) is 0.574. The summed E-state index contributed by atoms with van der Waals surface area (Å²) in [6.07, 6.45) is 1.67. The Labute approximate surface area is 137 Å². The third kappa shape index (κ3) is 2.93. The highest BCUT2D eigenvalue weighted by molar-refractivity contribution is 6.32. The van der Waals surface area contributed by atoms with Crippen LogP contribution in [0.2, 0.25) is 5.02 Å². The van der Waals surface area contributed by atoms with Gasteiger partial charge in [-0.1, -0.05) is 11.6 Å². The van der Waals surface area contributed by atoms with E-state index in [9.17, 15) is 4.79 Å². The largest absolute Gasteiger partial charge is 0.495 e. The third-order valence-electron chi connectivity index (χ3n) is 3.36. The number of aromatic nitrogens is 2. The molecule has 1 aromatic carbocycles. The molecule has 2 aromatic heterocycles. The van der Waals surface area contributed by atoms with E-state index in [4.69, 9.17) is 21.1 Å². The summed E-state index contributed by atoms with van der Waals surface area (Å²) in [6, 6.07) is 8.53. The first kappa shape index (κ1) is 15.2. The van der Waals surface area contributed by atoms with Gasteiger partial charge in [0.25, 0.3) is 5.91 Å². The Balaban J connectivity index is 1.92. The predicted molar refractivity (Wildman–Crippen MR) is 88.6 cm³/mol. The second-order valence-electron chi connectivity index (χ2n) is 4.76. The number of rotatable bonds is 4. The van der Waals surface area contributed by atoms with E-state index in [-0.39, 0.29) is 5.91 Å². The first-order chi connectivity index (χ1) is 11.1. The Morgan fingerprint density at radius 3 is 2.70 bits per heavy atom. The molecule has 0 atom stereocenters. The summed E-state index contributed by atoms with van der Waals surface area (Å²) in [6.45, 7) is 0. The number of amides is 1. The molecular weight excluding hydrogens is 318 g/mol. The number of hydrogen-bond acceptors (Lipinski definition) is 4.